The highest BCUT2D eigenvalue weighted by Crippen LogP contribution is 2.08. The summed E-state index contributed by atoms with van der Waals surface area (Å²) in [6.45, 7) is 2.41. The van der Waals surface area contributed by atoms with E-state index in [1.54, 1.807) is 0 Å². The Bertz CT molecular complexity index is 871. The number of aromatic nitrogens is 2. The van der Waals surface area contributed by atoms with Crippen LogP contribution in [0.4, 0.5) is 4.39 Å². The van der Waals surface area contributed by atoms with Gasteiger partial charge < -0.3 is 10.1 Å². The fourth-order valence-corrected chi connectivity index (χ4v) is 3.00. The molecule has 184 valence electrons. The van der Waals surface area contributed by atoms with Crippen LogP contribution in [-0.4, -0.2) is 28.6 Å². The molecule has 0 atom stereocenters. The number of hydrogen-bond donors (Lipinski definition) is 2. The van der Waals surface area contributed by atoms with Gasteiger partial charge in [0.05, 0.1) is 12.8 Å². The lowest BCUT2D eigenvalue weighted by Crippen LogP contribution is -2.33. The van der Waals surface area contributed by atoms with Gasteiger partial charge in [0.15, 0.2) is 0 Å². The Labute approximate surface area is 195 Å². The standard InChI is InChI=1S/C25H38FN3O4/c1-2-3-4-5-6-7-8-9-10-11-12-13-14-15-16-17-23(30)27-18-19-33-21-29-20-22(26)24(31)28-25(29)32/h3-4,6-7,9-10,20H,2,5,8,11-19,21H2,1H3,(H,27,30)(H,28,31,32). The minimum Gasteiger partial charge on any atom is -0.359 e. The molecule has 0 spiro atoms. The molecular formula is C25H38FN3O4. The van der Waals surface area contributed by atoms with E-state index in [0.29, 0.717) is 13.0 Å². The zero-order valence-corrected chi connectivity index (χ0v) is 19.7. The summed E-state index contributed by atoms with van der Waals surface area (Å²) in [5.41, 5.74) is -1.81. The third-order valence-corrected chi connectivity index (χ3v) is 4.82. The highest BCUT2D eigenvalue weighted by atomic mass is 19.1. The van der Waals surface area contributed by atoms with Crippen LogP contribution in [0.1, 0.15) is 71.1 Å². The summed E-state index contributed by atoms with van der Waals surface area (Å²) in [4.78, 5) is 36.1. The average Bonchev–Trinajstić information content (AvgIpc) is 2.79. The number of hydrogen-bond acceptors (Lipinski definition) is 4. The molecule has 1 aromatic rings. The van der Waals surface area contributed by atoms with Crippen molar-refractivity contribution in [1.82, 2.24) is 14.9 Å². The Morgan fingerprint density at radius 3 is 2.45 bits per heavy atom. The van der Waals surface area contributed by atoms with Crippen LogP contribution in [-0.2, 0) is 16.3 Å². The zero-order valence-electron chi connectivity index (χ0n) is 19.7. The maximum atomic E-state index is 13.1. The smallest absolute Gasteiger partial charge is 0.330 e. The maximum Gasteiger partial charge on any atom is 0.330 e. The number of aromatic amines is 1. The predicted molar refractivity (Wildman–Crippen MR) is 130 cm³/mol. The van der Waals surface area contributed by atoms with Crippen molar-refractivity contribution in [2.24, 2.45) is 0 Å². The van der Waals surface area contributed by atoms with E-state index in [9.17, 15) is 18.8 Å². The van der Waals surface area contributed by atoms with Gasteiger partial charge in [-0.05, 0) is 38.5 Å². The molecule has 8 heteroatoms. The van der Waals surface area contributed by atoms with E-state index in [0.717, 1.165) is 55.7 Å². The Balaban J connectivity index is 1.93. The average molecular weight is 464 g/mol. The molecule has 0 radical (unpaired) electrons. The van der Waals surface area contributed by atoms with Crippen molar-refractivity contribution < 1.29 is 13.9 Å². The molecule has 0 aliphatic rings. The van der Waals surface area contributed by atoms with E-state index < -0.39 is 17.1 Å². The number of carbonyl (C=O) groups excluding carboxylic acids is 1. The second-order valence-electron chi connectivity index (χ2n) is 7.69. The molecular weight excluding hydrogens is 425 g/mol. The van der Waals surface area contributed by atoms with Gasteiger partial charge in [-0.15, -0.1) is 0 Å². The Morgan fingerprint density at radius 2 is 1.70 bits per heavy atom. The van der Waals surface area contributed by atoms with Crippen LogP contribution in [0.3, 0.4) is 0 Å². The molecule has 0 aliphatic heterocycles. The van der Waals surface area contributed by atoms with Crippen LogP contribution in [0.25, 0.3) is 0 Å². The molecule has 0 saturated heterocycles. The molecule has 2 N–H and O–H groups in total. The molecule has 0 unspecified atom stereocenters. The SMILES string of the molecule is CCC=CCC=CCC=CCCCCCCCC(=O)NCCOCn1cc(F)c(=O)[nH]c1=O. The first-order chi connectivity index (χ1) is 16.0. The number of amides is 1. The summed E-state index contributed by atoms with van der Waals surface area (Å²) in [5, 5.41) is 2.75. The third kappa shape index (κ3) is 14.9. The van der Waals surface area contributed by atoms with Gasteiger partial charge in [-0.1, -0.05) is 62.6 Å². The zero-order chi connectivity index (χ0) is 24.2. The molecule has 1 rings (SSSR count). The largest absolute Gasteiger partial charge is 0.359 e. The van der Waals surface area contributed by atoms with Crippen molar-refractivity contribution in [3.8, 4) is 0 Å². The van der Waals surface area contributed by atoms with Crippen LogP contribution < -0.4 is 16.6 Å². The van der Waals surface area contributed by atoms with E-state index in [1.165, 1.54) is 12.8 Å². The highest BCUT2D eigenvalue weighted by Gasteiger charge is 2.04. The molecule has 1 heterocycles. The first-order valence-electron chi connectivity index (χ1n) is 11.8. The van der Waals surface area contributed by atoms with E-state index in [1.807, 2.05) is 4.98 Å². The Hall–Kier alpha value is -2.74. The molecule has 0 aromatic carbocycles. The van der Waals surface area contributed by atoms with Crippen LogP contribution in [0.15, 0.2) is 52.2 Å². The quantitative estimate of drug-likeness (QED) is 0.250. The molecule has 0 saturated carbocycles. The second kappa shape index (κ2) is 18.8. The first-order valence-corrected chi connectivity index (χ1v) is 11.8. The molecule has 7 nitrogen and oxygen atoms in total. The maximum absolute atomic E-state index is 13.1. The normalized spacial score (nSPS) is 11.8. The third-order valence-electron chi connectivity index (χ3n) is 4.82. The minimum absolute atomic E-state index is 0.0352. The van der Waals surface area contributed by atoms with Gasteiger partial charge in [-0.2, -0.15) is 4.39 Å². The van der Waals surface area contributed by atoms with Crippen molar-refractivity contribution in [3.05, 3.63) is 69.3 Å². The number of nitrogens with zero attached hydrogens (tertiary/aromatic N) is 1. The lowest BCUT2D eigenvalue weighted by Gasteiger charge is -2.08. The van der Waals surface area contributed by atoms with Gasteiger partial charge in [0.25, 0.3) is 5.56 Å². The minimum atomic E-state index is -1.06. The van der Waals surface area contributed by atoms with Gasteiger partial charge in [0, 0.05) is 13.0 Å². The lowest BCUT2D eigenvalue weighted by molar-refractivity contribution is -0.121. The van der Waals surface area contributed by atoms with E-state index in [4.69, 9.17) is 4.74 Å². The van der Waals surface area contributed by atoms with Crippen LogP contribution in [0, 0.1) is 5.82 Å². The van der Waals surface area contributed by atoms with E-state index in [2.05, 4.69) is 48.7 Å². The summed E-state index contributed by atoms with van der Waals surface area (Å²) in [7, 11) is 0. The van der Waals surface area contributed by atoms with Gasteiger partial charge in [0.2, 0.25) is 11.7 Å². The van der Waals surface area contributed by atoms with Crippen LogP contribution in [0.2, 0.25) is 0 Å². The van der Waals surface area contributed by atoms with Crippen molar-refractivity contribution in [2.75, 3.05) is 13.2 Å². The van der Waals surface area contributed by atoms with Gasteiger partial charge >= 0.3 is 5.69 Å². The van der Waals surface area contributed by atoms with Gasteiger partial charge in [-0.3, -0.25) is 19.1 Å². The molecule has 0 aliphatic carbocycles. The second-order valence-corrected chi connectivity index (χ2v) is 7.69. The number of rotatable bonds is 18. The topological polar surface area (TPSA) is 93.2 Å². The van der Waals surface area contributed by atoms with Gasteiger partial charge in [0.1, 0.15) is 6.73 Å². The number of halogens is 1. The number of ether oxygens (including phenoxy) is 1. The molecule has 0 bridgehead atoms. The summed E-state index contributed by atoms with van der Waals surface area (Å²) in [6, 6.07) is 0. The monoisotopic (exact) mass is 463 g/mol. The fourth-order valence-electron chi connectivity index (χ4n) is 3.00. The van der Waals surface area contributed by atoms with Crippen LogP contribution >= 0.6 is 0 Å². The number of unbranched alkanes of at least 4 members (excludes halogenated alkanes) is 5. The summed E-state index contributed by atoms with van der Waals surface area (Å²) < 4.78 is 19.3. The van der Waals surface area contributed by atoms with Gasteiger partial charge in [-0.25, -0.2) is 4.79 Å². The van der Waals surface area contributed by atoms with Crippen molar-refractivity contribution in [2.45, 2.75) is 77.9 Å². The summed E-state index contributed by atoms with van der Waals surface area (Å²) in [6.07, 6.45) is 24.0. The lowest BCUT2D eigenvalue weighted by atomic mass is 10.1. The molecule has 1 amide bonds. The number of allylic oxidation sites excluding steroid dienone is 6. The van der Waals surface area contributed by atoms with Crippen molar-refractivity contribution in [3.63, 3.8) is 0 Å². The number of nitrogens with one attached hydrogen (secondary N) is 2. The fraction of sp³-hybridized carbons (Fsp3) is 0.560. The van der Waals surface area contributed by atoms with Crippen molar-refractivity contribution in [1.29, 1.82) is 0 Å². The van der Waals surface area contributed by atoms with E-state index in [-0.39, 0.29) is 19.2 Å². The predicted octanol–water partition coefficient (Wildman–Crippen LogP) is 4.36. The summed E-state index contributed by atoms with van der Waals surface area (Å²) in [5.74, 6) is -1.09. The number of H-pyrrole nitrogens is 1. The molecule has 0 fully saturated rings. The van der Waals surface area contributed by atoms with E-state index >= 15 is 0 Å². The number of carbonyl (C=O) groups is 1. The molecule has 1 aromatic heterocycles. The highest BCUT2D eigenvalue weighted by molar-refractivity contribution is 5.75. The Morgan fingerprint density at radius 1 is 1.03 bits per heavy atom. The summed E-state index contributed by atoms with van der Waals surface area (Å²) >= 11 is 0. The Kier molecular flexibility index (Phi) is 16.1. The van der Waals surface area contributed by atoms with Crippen LogP contribution in [0.5, 0.6) is 0 Å². The van der Waals surface area contributed by atoms with Crippen molar-refractivity contribution >= 4 is 5.91 Å². The molecule has 33 heavy (non-hydrogen) atoms. The first kappa shape index (κ1) is 28.3.